The average molecular weight is 251 g/mol. The maximum absolute atomic E-state index is 11.8. The van der Waals surface area contributed by atoms with Gasteiger partial charge in [0.05, 0.1) is 17.8 Å². The van der Waals surface area contributed by atoms with Crippen molar-refractivity contribution >= 4 is 16.0 Å². The Morgan fingerprint density at radius 1 is 1.56 bits per heavy atom. The molecule has 1 heterocycles. The lowest BCUT2D eigenvalue weighted by Crippen LogP contribution is -2.36. The molecule has 1 saturated heterocycles. The third-order valence-corrected chi connectivity index (χ3v) is 4.67. The Morgan fingerprint density at radius 3 is 2.62 bits per heavy atom. The molecule has 1 unspecified atom stereocenters. The van der Waals surface area contributed by atoms with Crippen molar-refractivity contribution in [2.45, 2.75) is 13.3 Å². The Hall–Kier alpha value is -0.660. The van der Waals surface area contributed by atoms with E-state index in [4.69, 9.17) is 9.84 Å². The minimum absolute atomic E-state index is 0.0500. The van der Waals surface area contributed by atoms with Crippen LogP contribution in [0.4, 0.5) is 0 Å². The van der Waals surface area contributed by atoms with E-state index in [9.17, 15) is 13.2 Å². The van der Waals surface area contributed by atoms with Gasteiger partial charge in [0.15, 0.2) is 0 Å². The molecule has 0 aromatic rings. The van der Waals surface area contributed by atoms with E-state index in [0.29, 0.717) is 6.42 Å². The molecular formula is C9H17NO5S. The van der Waals surface area contributed by atoms with Crippen molar-refractivity contribution in [2.24, 2.45) is 5.41 Å². The van der Waals surface area contributed by atoms with Crippen LogP contribution in [0.2, 0.25) is 0 Å². The largest absolute Gasteiger partial charge is 0.481 e. The molecule has 0 amide bonds. The van der Waals surface area contributed by atoms with Crippen molar-refractivity contribution < 1.29 is 23.1 Å². The van der Waals surface area contributed by atoms with Crippen LogP contribution in [0.15, 0.2) is 0 Å². The molecule has 7 heteroatoms. The van der Waals surface area contributed by atoms with Gasteiger partial charge in [0, 0.05) is 20.2 Å². The van der Waals surface area contributed by atoms with Crippen molar-refractivity contribution in [1.82, 2.24) is 4.31 Å². The number of hydrogen-bond donors (Lipinski definition) is 1. The number of carboxylic acid groups (broad SMARTS) is 1. The molecule has 1 atom stereocenters. The van der Waals surface area contributed by atoms with Gasteiger partial charge in [-0.2, -0.15) is 0 Å². The summed E-state index contributed by atoms with van der Waals surface area (Å²) in [6.07, 6.45) is 0.356. The summed E-state index contributed by atoms with van der Waals surface area (Å²) in [5, 5.41) is 8.99. The van der Waals surface area contributed by atoms with Gasteiger partial charge in [0.25, 0.3) is 0 Å². The molecule has 16 heavy (non-hydrogen) atoms. The number of aliphatic carboxylic acids is 1. The Balaban J connectivity index is 2.69. The SMILES string of the molecule is COCCS(=O)(=O)N1CCC(C)(C(=O)O)C1. The molecule has 0 bridgehead atoms. The Bertz CT molecular complexity index is 366. The summed E-state index contributed by atoms with van der Waals surface area (Å²) in [5.41, 5.74) is -0.958. The fraction of sp³-hybridized carbons (Fsp3) is 0.889. The molecule has 6 nitrogen and oxygen atoms in total. The van der Waals surface area contributed by atoms with Crippen LogP contribution in [-0.2, 0) is 19.6 Å². The summed E-state index contributed by atoms with van der Waals surface area (Å²) in [6.45, 7) is 2.02. The Labute approximate surface area is 95.2 Å². The van der Waals surface area contributed by atoms with Crippen LogP contribution in [0.25, 0.3) is 0 Å². The molecule has 0 saturated carbocycles. The minimum Gasteiger partial charge on any atom is -0.481 e. The first-order valence-electron chi connectivity index (χ1n) is 5.02. The zero-order valence-corrected chi connectivity index (χ0v) is 10.3. The average Bonchev–Trinajstić information content (AvgIpc) is 2.60. The normalized spacial score (nSPS) is 27.1. The smallest absolute Gasteiger partial charge is 0.310 e. The first-order valence-corrected chi connectivity index (χ1v) is 6.63. The number of ether oxygens (including phenoxy) is 1. The highest BCUT2D eigenvalue weighted by Crippen LogP contribution is 2.31. The monoisotopic (exact) mass is 251 g/mol. The summed E-state index contributed by atoms with van der Waals surface area (Å²) in [5.74, 6) is -1.05. The molecule has 1 fully saturated rings. The van der Waals surface area contributed by atoms with Gasteiger partial charge in [0.2, 0.25) is 10.0 Å². The van der Waals surface area contributed by atoms with Crippen LogP contribution >= 0.6 is 0 Å². The van der Waals surface area contributed by atoms with E-state index in [1.54, 1.807) is 6.92 Å². The summed E-state index contributed by atoms with van der Waals surface area (Å²) < 4.78 is 29.5. The van der Waals surface area contributed by atoms with E-state index >= 15 is 0 Å². The third-order valence-electron chi connectivity index (χ3n) is 2.89. The van der Waals surface area contributed by atoms with Crippen LogP contribution < -0.4 is 0 Å². The lowest BCUT2D eigenvalue weighted by Gasteiger charge is -2.19. The number of nitrogens with zero attached hydrogens (tertiary/aromatic N) is 1. The summed E-state index contributed by atoms with van der Waals surface area (Å²) in [6, 6.07) is 0. The third kappa shape index (κ3) is 2.72. The highest BCUT2D eigenvalue weighted by molar-refractivity contribution is 7.89. The second kappa shape index (κ2) is 4.68. The fourth-order valence-electron chi connectivity index (χ4n) is 1.65. The minimum atomic E-state index is -3.38. The Morgan fingerprint density at radius 2 is 2.19 bits per heavy atom. The molecule has 0 radical (unpaired) electrons. The van der Waals surface area contributed by atoms with Crippen LogP contribution in [0.5, 0.6) is 0 Å². The van der Waals surface area contributed by atoms with Gasteiger partial charge in [-0.15, -0.1) is 0 Å². The van der Waals surface area contributed by atoms with E-state index < -0.39 is 21.4 Å². The van der Waals surface area contributed by atoms with Crippen molar-refractivity contribution in [3.05, 3.63) is 0 Å². The lowest BCUT2D eigenvalue weighted by atomic mass is 9.90. The molecule has 0 aliphatic carbocycles. The second-order valence-corrected chi connectivity index (χ2v) is 6.35. The number of carbonyl (C=O) groups is 1. The lowest BCUT2D eigenvalue weighted by molar-refractivity contribution is -0.146. The quantitative estimate of drug-likeness (QED) is 0.729. The van der Waals surface area contributed by atoms with Gasteiger partial charge in [-0.05, 0) is 13.3 Å². The number of sulfonamides is 1. The summed E-state index contributed by atoms with van der Waals surface area (Å²) in [7, 11) is -1.95. The molecular weight excluding hydrogens is 234 g/mol. The first-order chi connectivity index (χ1) is 7.32. The van der Waals surface area contributed by atoms with Crippen molar-refractivity contribution in [1.29, 1.82) is 0 Å². The van der Waals surface area contributed by atoms with E-state index in [1.165, 1.54) is 11.4 Å². The van der Waals surface area contributed by atoms with Crippen molar-refractivity contribution in [2.75, 3.05) is 32.6 Å². The van der Waals surface area contributed by atoms with E-state index in [1.807, 2.05) is 0 Å². The van der Waals surface area contributed by atoms with E-state index in [-0.39, 0.29) is 25.4 Å². The number of carboxylic acids is 1. The van der Waals surface area contributed by atoms with Crippen molar-refractivity contribution in [3.63, 3.8) is 0 Å². The molecule has 0 spiro atoms. The van der Waals surface area contributed by atoms with Crippen LogP contribution in [0, 0.1) is 5.41 Å². The van der Waals surface area contributed by atoms with Crippen molar-refractivity contribution in [3.8, 4) is 0 Å². The molecule has 94 valence electrons. The van der Waals surface area contributed by atoms with Gasteiger partial charge in [-0.1, -0.05) is 0 Å². The van der Waals surface area contributed by atoms with Gasteiger partial charge in [-0.3, -0.25) is 4.79 Å². The van der Waals surface area contributed by atoms with E-state index in [2.05, 4.69) is 0 Å². The molecule has 0 aromatic carbocycles. The maximum atomic E-state index is 11.8. The van der Waals surface area contributed by atoms with Gasteiger partial charge in [-0.25, -0.2) is 12.7 Å². The van der Waals surface area contributed by atoms with E-state index in [0.717, 1.165) is 0 Å². The molecule has 1 aliphatic rings. The van der Waals surface area contributed by atoms with Gasteiger partial charge < -0.3 is 9.84 Å². The maximum Gasteiger partial charge on any atom is 0.310 e. The predicted octanol–water partition coefficient (Wildman–Crippen LogP) is -0.241. The Kier molecular flexibility index (Phi) is 3.92. The fourth-order valence-corrected chi connectivity index (χ4v) is 3.14. The first kappa shape index (κ1) is 13.4. The summed E-state index contributed by atoms with van der Waals surface area (Å²) >= 11 is 0. The highest BCUT2D eigenvalue weighted by Gasteiger charge is 2.44. The number of methoxy groups -OCH3 is 1. The molecule has 0 aromatic heterocycles. The zero-order chi connectivity index (χ0) is 12.4. The van der Waals surface area contributed by atoms with Gasteiger partial charge in [0.1, 0.15) is 0 Å². The highest BCUT2D eigenvalue weighted by atomic mass is 32.2. The van der Waals surface area contributed by atoms with Crippen LogP contribution in [0.1, 0.15) is 13.3 Å². The standard InChI is InChI=1S/C9H17NO5S/c1-9(8(11)12)3-4-10(7-9)16(13,14)6-5-15-2/h3-7H2,1-2H3,(H,11,12). The topological polar surface area (TPSA) is 83.9 Å². The van der Waals surface area contributed by atoms with Crippen LogP contribution in [-0.4, -0.2) is 56.4 Å². The molecule has 1 rings (SSSR count). The number of rotatable bonds is 5. The van der Waals surface area contributed by atoms with Gasteiger partial charge >= 0.3 is 5.97 Å². The molecule has 1 N–H and O–H groups in total. The predicted molar refractivity (Wildman–Crippen MR) is 57.6 cm³/mol. The zero-order valence-electron chi connectivity index (χ0n) is 9.47. The summed E-state index contributed by atoms with van der Waals surface area (Å²) in [4.78, 5) is 11.0. The van der Waals surface area contributed by atoms with Crippen LogP contribution in [0.3, 0.4) is 0 Å². The molecule has 1 aliphatic heterocycles. The number of hydrogen-bond acceptors (Lipinski definition) is 4. The second-order valence-electron chi connectivity index (χ2n) is 4.26.